The van der Waals surface area contributed by atoms with Gasteiger partial charge in [0.2, 0.25) is 0 Å². The Morgan fingerprint density at radius 1 is 0.868 bits per heavy atom. The summed E-state index contributed by atoms with van der Waals surface area (Å²) in [6.07, 6.45) is 3.78. The molecule has 8 heteroatoms. The van der Waals surface area contributed by atoms with Gasteiger partial charge in [-0.15, -0.1) is 0 Å². The first-order chi connectivity index (χ1) is 18.5. The first-order valence-electron chi connectivity index (χ1n) is 12.5. The first-order valence-corrected chi connectivity index (χ1v) is 13.2. The average molecular weight is 542 g/mol. The average Bonchev–Trinajstić information content (AvgIpc) is 3.33. The van der Waals surface area contributed by atoms with Gasteiger partial charge in [0.1, 0.15) is 12.1 Å². The van der Waals surface area contributed by atoms with Crippen LogP contribution in [-0.4, -0.2) is 51.5 Å². The van der Waals surface area contributed by atoms with Crippen molar-refractivity contribution in [3.05, 3.63) is 106 Å². The normalized spacial score (nSPS) is 13.8. The zero-order valence-corrected chi connectivity index (χ0v) is 22.3. The number of fused-ring (bicyclic) bond motifs is 1. The Morgan fingerprint density at radius 2 is 1.66 bits per heavy atom. The van der Waals surface area contributed by atoms with Crippen molar-refractivity contribution >= 4 is 46.0 Å². The van der Waals surface area contributed by atoms with E-state index in [0.717, 1.165) is 33.7 Å². The number of piperazine rings is 1. The van der Waals surface area contributed by atoms with E-state index in [2.05, 4.69) is 59.0 Å². The molecule has 0 radical (unpaired) electrons. The van der Waals surface area contributed by atoms with Gasteiger partial charge < -0.3 is 14.4 Å². The highest BCUT2D eigenvalue weighted by atomic mass is 35.5. The Bertz CT molecular complexity index is 1640. The van der Waals surface area contributed by atoms with Crippen molar-refractivity contribution in [2.45, 2.75) is 6.92 Å². The summed E-state index contributed by atoms with van der Waals surface area (Å²) in [4.78, 5) is 26.7. The summed E-state index contributed by atoms with van der Waals surface area (Å²) in [6.45, 7) is 4.50. The Labute approximate surface area is 231 Å². The van der Waals surface area contributed by atoms with Crippen LogP contribution in [0, 0.1) is 6.92 Å². The molecule has 1 amide bonds. The summed E-state index contributed by atoms with van der Waals surface area (Å²) < 4.78 is 2.14. The van der Waals surface area contributed by atoms with Crippen LogP contribution in [0.15, 0.2) is 85.3 Å². The van der Waals surface area contributed by atoms with E-state index in [4.69, 9.17) is 33.2 Å². The fraction of sp³-hybridized carbons (Fsp3) is 0.167. The van der Waals surface area contributed by atoms with Gasteiger partial charge in [-0.2, -0.15) is 0 Å². The molecule has 1 fully saturated rings. The summed E-state index contributed by atoms with van der Waals surface area (Å²) in [7, 11) is 0. The van der Waals surface area contributed by atoms with Crippen LogP contribution in [0.3, 0.4) is 0 Å². The SMILES string of the molecule is Cc1cccc(-n2cc(-c3ccccc3)c3c(N4CCN(C(=O)c5ccc(Cl)cc5Cl)CC4)ncnc32)c1. The van der Waals surface area contributed by atoms with Crippen molar-refractivity contribution in [1.82, 2.24) is 19.4 Å². The minimum Gasteiger partial charge on any atom is -0.352 e. The van der Waals surface area contributed by atoms with E-state index in [-0.39, 0.29) is 5.91 Å². The highest BCUT2D eigenvalue weighted by Gasteiger charge is 2.27. The Balaban J connectivity index is 1.37. The van der Waals surface area contributed by atoms with Crippen LogP contribution in [-0.2, 0) is 0 Å². The molecule has 0 spiro atoms. The molecule has 0 aliphatic carbocycles. The summed E-state index contributed by atoms with van der Waals surface area (Å²) in [5.41, 5.74) is 5.73. The first kappa shape index (κ1) is 24.5. The zero-order chi connectivity index (χ0) is 26.2. The number of halogens is 2. The third-order valence-electron chi connectivity index (χ3n) is 6.96. The predicted octanol–water partition coefficient (Wildman–Crippen LogP) is 6.67. The number of amides is 1. The molecule has 0 atom stereocenters. The van der Waals surface area contributed by atoms with Crippen LogP contribution < -0.4 is 4.90 Å². The van der Waals surface area contributed by atoms with E-state index in [1.54, 1.807) is 24.5 Å². The summed E-state index contributed by atoms with van der Waals surface area (Å²) >= 11 is 12.3. The van der Waals surface area contributed by atoms with E-state index < -0.39 is 0 Å². The number of nitrogens with zero attached hydrogens (tertiary/aromatic N) is 5. The lowest BCUT2D eigenvalue weighted by Gasteiger charge is -2.36. The molecule has 3 heterocycles. The van der Waals surface area contributed by atoms with Crippen LogP contribution in [0.25, 0.3) is 27.8 Å². The van der Waals surface area contributed by atoms with Gasteiger partial charge in [0.15, 0.2) is 5.65 Å². The molecule has 1 saturated heterocycles. The predicted molar refractivity (Wildman–Crippen MR) is 154 cm³/mol. The number of benzene rings is 3. The second kappa shape index (κ2) is 10.1. The fourth-order valence-electron chi connectivity index (χ4n) is 5.05. The van der Waals surface area contributed by atoms with Gasteiger partial charge in [0.25, 0.3) is 5.91 Å². The zero-order valence-electron chi connectivity index (χ0n) is 20.8. The van der Waals surface area contributed by atoms with Gasteiger partial charge in [-0.05, 0) is 48.4 Å². The number of rotatable bonds is 4. The molecule has 6 rings (SSSR count). The lowest BCUT2D eigenvalue weighted by Crippen LogP contribution is -2.49. The van der Waals surface area contributed by atoms with Crippen molar-refractivity contribution in [1.29, 1.82) is 0 Å². The van der Waals surface area contributed by atoms with E-state index in [0.29, 0.717) is 41.8 Å². The molecule has 190 valence electrons. The minimum absolute atomic E-state index is 0.0882. The summed E-state index contributed by atoms with van der Waals surface area (Å²) in [5, 5.41) is 1.88. The monoisotopic (exact) mass is 541 g/mol. The number of anilines is 1. The van der Waals surface area contributed by atoms with Crippen molar-refractivity contribution in [2.75, 3.05) is 31.1 Å². The van der Waals surface area contributed by atoms with Crippen LogP contribution in [0.5, 0.6) is 0 Å². The van der Waals surface area contributed by atoms with Gasteiger partial charge >= 0.3 is 0 Å². The van der Waals surface area contributed by atoms with Crippen LogP contribution >= 0.6 is 23.2 Å². The lowest BCUT2D eigenvalue weighted by molar-refractivity contribution is 0.0747. The summed E-state index contributed by atoms with van der Waals surface area (Å²) in [6, 6.07) is 23.7. The molecule has 5 aromatic rings. The van der Waals surface area contributed by atoms with Gasteiger partial charge in [0, 0.05) is 48.6 Å². The molecule has 1 aliphatic rings. The molecule has 38 heavy (non-hydrogen) atoms. The molecular weight excluding hydrogens is 517 g/mol. The molecule has 6 nitrogen and oxygen atoms in total. The van der Waals surface area contributed by atoms with Crippen molar-refractivity contribution < 1.29 is 4.79 Å². The van der Waals surface area contributed by atoms with E-state index in [1.165, 1.54) is 5.56 Å². The quantitative estimate of drug-likeness (QED) is 0.255. The van der Waals surface area contributed by atoms with Gasteiger partial charge in [0.05, 0.1) is 16.0 Å². The molecule has 0 unspecified atom stereocenters. The van der Waals surface area contributed by atoms with Gasteiger partial charge in [-0.25, -0.2) is 9.97 Å². The molecule has 1 aliphatic heterocycles. The Hall–Kier alpha value is -3.87. The van der Waals surface area contributed by atoms with Crippen molar-refractivity contribution in [2.24, 2.45) is 0 Å². The molecule has 0 saturated carbocycles. The largest absolute Gasteiger partial charge is 0.352 e. The van der Waals surface area contributed by atoms with Crippen LogP contribution in [0.2, 0.25) is 10.0 Å². The number of carbonyl (C=O) groups is 1. The highest BCUT2D eigenvalue weighted by Crippen LogP contribution is 2.37. The lowest BCUT2D eigenvalue weighted by atomic mass is 10.1. The molecule has 0 bridgehead atoms. The smallest absolute Gasteiger partial charge is 0.255 e. The third kappa shape index (κ3) is 4.51. The number of hydrogen-bond donors (Lipinski definition) is 0. The fourth-order valence-corrected chi connectivity index (χ4v) is 5.54. The number of aryl methyl sites for hydroxylation is 1. The Kier molecular flexibility index (Phi) is 6.52. The maximum atomic E-state index is 13.2. The van der Waals surface area contributed by atoms with E-state index in [9.17, 15) is 4.79 Å². The van der Waals surface area contributed by atoms with Crippen molar-refractivity contribution in [3.63, 3.8) is 0 Å². The topological polar surface area (TPSA) is 54.3 Å². The summed E-state index contributed by atoms with van der Waals surface area (Å²) in [5.74, 6) is 0.784. The van der Waals surface area contributed by atoms with Crippen LogP contribution in [0.4, 0.5) is 5.82 Å². The number of carbonyl (C=O) groups excluding carboxylic acids is 1. The van der Waals surface area contributed by atoms with Gasteiger partial charge in [-0.1, -0.05) is 65.7 Å². The van der Waals surface area contributed by atoms with E-state index in [1.807, 2.05) is 23.1 Å². The van der Waals surface area contributed by atoms with Gasteiger partial charge in [-0.3, -0.25) is 4.79 Å². The molecular formula is C30H25Cl2N5O. The third-order valence-corrected chi connectivity index (χ3v) is 7.50. The minimum atomic E-state index is -0.0882. The maximum Gasteiger partial charge on any atom is 0.255 e. The second-order valence-corrected chi connectivity index (χ2v) is 10.3. The van der Waals surface area contributed by atoms with Crippen molar-refractivity contribution in [3.8, 4) is 16.8 Å². The highest BCUT2D eigenvalue weighted by molar-refractivity contribution is 6.36. The van der Waals surface area contributed by atoms with E-state index >= 15 is 0 Å². The van der Waals surface area contributed by atoms with Crippen LogP contribution in [0.1, 0.15) is 15.9 Å². The maximum absolute atomic E-state index is 13.2. The molecule has 3 aromatic carbocycles. The Morgan fingerprint density at radius 3 is 2.39 bits per heavy atom. The second-order valence-electron chi connectivity index (χ2n) is 9.42. The molecule has 2 aromatic heterocycles. The standard InChI is InChI=1S/C30H25Cl2N5O/c1-20-6-5-9-23(16-20)37-18-25(21-7-3-2-4-8-21)27-28(33-19-34-29(27)37)35-12-14-36(15-13-35)30(38)24-11-10-22(31)17-26(24)32/h2-11,16-19H,12-15H2,1H3. The number of hydrogen-bond acceptors (Lipinski definition) is 4. The molecule has 0 N–H and O–H groups in total. The number of aromatic nitrogens is 3.